The summed E-state index contributed by atoms with van der Waals surface area (Å²) in [6, 6.07) is 8.01. The molecule has 1 aromatic carbocycles. The molecule has 0 saturated heterocycles. The standard InChI is InChI=1S/C17H21NO2/c1-20-17(9-3-2-4-10-17)16(19)14-7-5-6-13-8-11-18-12-15(13)14/h5-8,11-12,16,19H,2-4,9-10H2,1H3. The maximum atomic E-state index is 10.9. The molecule has 20 heavy (non-hydrogen) atoms. The van der Waals surface area contributed by atoms with Gasteiger partial charge in [-0.15, -0.1) is 0 Å². The second kappa shape index (κ2) is 5.51. The van der Waals surface area contributed by atoms with Crippen LogP contribution >= 0.6 is 0 Å². The molecule has 1 aromatic heterocycles. The van der Waals surface area contributed by atoms with E-state index >= 15 is 0 Å². The average molecular weight is 271 g/mol. The monoisotopic (exact) mass is 271 g/mol. The van der Waals surface area contributed by atoms with E-state index in [2.05, 4.69) is 4.98 Å². The summed E-state index contributed by atoms with van der Waals surface area (Å²) < 4.78 is 5.77. The number of hydrogen-bond acceptors (Lipinski definition) is 3. The highest BCUT2D eigenvalue weighted by Gasteiger charge is 2.40. The lowest BCUT2D eigenvalue weighted by molar-refractivity contribution is -0.124. The largest absolute Gasteiger partial charge is 0.385 e. The second-order valence-corrected chi connectivity index (χ2v) is 5.68. The van der Waals surface area contributed by atoms with Crippen LogP contribution in [0.25, 0.3) is 10.8 Å². The molecule has 1 aliphatic carbocycles. The molecule has 3 rings (SSSR count). The van der Waals surface area contributed by atoms with Gasteiger partial charge in [-0.1, -0.05) is 37.5 Å². The maximum Gasteiger partial charge on any atom is 0.109 e. The van der Waals surface area contributed by atoms with Crippen molar-refractivity contribution in [3.05, 3.63) is 42.2 Å². The molecule has 0 radical (unpaired) electrons. The van der Waals surface area contributed by atoms with Crippen LogP contribution in [0.5, 0.6) is 0 Å². The quantitative estimate of drug-likeness (QED) is 0.927. The van der Waals surface area contributed by atoms with E-state index in [1.165, 1.54) is 6.42 Å². The molecule has 1 fully saturated rings. The number of nitrogens with zero attached hydrogens (tertiary/aromatic N) is 1. The summed E-state index contributed by atoms with van der Waals surface area (Å²) in [5, 5.41) is 13.1. The summed E-state index contributed by atoms with van der Waals surface area (Å²) in [6.07, 6.45) is 8.32. The molecule has 1 unspecified atom stereocenters. The molecular formula is C17H21NO2. The number of pyridine rings is 1. The molecule has 3 heteroatoms. The van der Waals surface area contributed by atoms with E-state index in [0.29, 0.717) is 0 Å². The lowest BCUT2D eigenvalue weighted by Crippen LogP contribution is -2.40. The normalized spacial score (nSPS) is 19.9. The molecular weight excluding hydrogens is 250 g/mol. The van der Waals surface area contributed by atoms with Crippen LogP contribution in [0.3, 0.4) is 0 Å². The van der Waals surface area contributed by atoms with Crippen molar-refractivity contribution in [2.75, 3.05) is 7.11 Å². The van der Waals surface area contributed by atoms with Crippen LogP contribution in [0.1, 0.15) is 43.8 Å². The highest BCUT2D eigenvalue weighted by molar-refractivity contribution is 5.85. The summed E-state index contributed by atoms with van der Waals surface area (Å²) in [4.78, 5) is 4.20. The van der Waals surface area contributed by atoms with Gasteiger partial charge >= 0.3 is 0 Å². The summed E-state index contributed by atoms with van der Waals surface area (Å²) in [5.41, 5.74) is 0.488. The molecule has 1 saturated carbocycles. The number of rotatable bonds is 3. The molecule has 1 heterocycles. The molecule has 1 N–H and O–H groups in total. The zero-order chi connectivity index (χ0) is 14.0. The summed E-state index contributed by atoms with van der Waals surface area (Å²) in [7, 11) is 1.72. The van der Waals surface area contributed by atoms with Crippen LogP contribution in [0, 0.1) is 0 Å². The Labute approximate surface area is 119 Å². The summed E-state index contributed by atoms with van der Waals surface area (Å²) in [6.45, 7) is 0. The lowest BCUT2D eigenvalue weighted by atomic mass is 9.77. The van der Waals surface area contributed by atoms with E-state index < -0.39 is 11.7 Å². The van der Waals surface area contributed by atoms with Crippen LogP contribution in [0.15, 0.2) is 36.7 Å². The number of methoxy groups -OCH3 is 1. The van der Waals surface area contributed by atoms with E-state index in [9.17, 15) is 5.11 Å². The Kier molecular flexibility index (Phi) is 3.72. The lowest BCUT2D eigenvalue weighted by Gasteiger charge is -2.40. The average Bonchev–Trinajstić information content (AvgIpc) is 2.54. The Morgan fingerprint density at radius 3 is 2.75 bits per heavy atom. The Balaban J connectivity index is 2.05. The van der Waals surface area contributed by atoms with Crippen LogP contribution in [-0.2, 0) is 4.74 Å². The van der Waals surface area contributed by atoms with Crippen molar-refractivity contribution in [3.63, 3.8) is 0 Å². The number of aliphatic hydroxyl groups is 1. The Morgan fingerprint density at radius 1 is 1.20 bits per heavy atom. The van der Waals surface area contributed by atoms with Crippen molar-refractivity contribution in [3.8, 4) is 0 Å². The van der Waals surface area contributed by atoms with Crippen LogP contribution in [-0.4, -0.2) is 22.8 Å². The fourth-order valence-electron chi connectivity index (χ4n) is 3.40. The number of ether oxygens (including phenoxy) is 1. The molecule has 1 aliphatic rings. The van der Waals surface area contributed by atoms with E-state index in [-0.39, 0.29) is 0 Å². The van der Waals surface area contributed by atoms with Gasteiger partial charge in [-0.3, -0.25) is 4.98 Å². The predicted octanol–water partition coefficient (Wildman–Crippen LogP) is 3.62. The number of hydrogen-bond donors (Lipinski definition) is 1. The molecule has 0 spiro atoms. The summed E-state index contributed by atoms with van der Waals surface area (Å²) in [5.74, 6) is 0. The first-order valence-electron chi connectivity index (χ1n) is 7.33. The minimum atomic E-state index is -0.597. The first-order chi connectivity index (χ1) is 9.77. The molecule has 0 bridgehead atoms. The van der Waals surface area contributed by atoms with Gasteiger partial charge in [-0.05, 0) is 29.9 Å². The van der Waals surface area contributed by atoms with E-state index in [1.54, 1.807) is 13.3 Å². The Bertz CT molecular complexity index is 585. The Hall–Kier alpha value is -1.45. The maximum absolute atomic E-state index is 10.9. The first kappa shape index (κ1) is 13.5. The fourth-order valence-corrected chi connectivity index (χ4v) is 3.40. The van der Waals surface area contributed by atoms with Crippen molar-refractivity contribution in [1.82, 2.24) is 4.98 Å². The Morgan fingerprint density at radius 2 is 2.00 bits per heavy atom. The van der Waals surface area contributed by atoms with Gasteiger partial charge in [0, 0.05) is 24.9 Å². The summed E-state index contributed by atoms with van der Waals surface area (Å²) >= 11 is 0. The van der Waals surface area contributed by atoms with Crippen molar-refractivity contribution in [2.45, 2.75) is 43.8 Å². The number of benzene rings is 1. The molecule has 2 aromatic rings. The fraction of sp³-hybridized carbons (Fsp3) is 0.471. The first-order valence-corrected chi connectivity index (χ1v) is 7.33. The van der Waals surface area contributed by atoms with Crippen LogP contribution in [0.2, 0.25) is 0 Å². The second-order valence-electron chi connectivity index (χ2n) is 5.68. The third kappa shape index (κ3) is 2.21. The van der Waals surface area contributed by atoms with Crippen molar-refractivity contribution in [2.24, 2.45) is 0 Å². The number of fused-ring (bicyclic) bond motifs is 1. The third-order valence-corrected chi connectivity index (χ3v) is 4.62. The minimum absolute atomic E-state index is 0.442. The van der Waals surface area contributed by atoms with E-state index in [1.807, 2.05) is 30.5 Å². The SMILES string of the molecule is COC1(C(O)c2cccc3ccncc23)CCCCC1. The van der Waals surface area contributed by atoms with Gasteiger partial charge in [0.15, 0.2) is 0 Å². The molecule has 3 nitrogen and oxygen atoms in total. The topological polar surface area (TPSA) is 42.4 Å². The molecule has 106 valence electrons. The van der Waals surface area contributed by atoms with E-state index in [4.69, 9.17) is 4.74 Å². The smallest absolute Gasteiger partial charge is 0.109 e. The highest BCUT2D eigenvalue weighted by atomic mass is 16.5. The number of aromatic nitrogens is 1. The molecule has 0 aliphatic heterocycles. The van der Waals surface area contributed by atoms with Gasteiger partial charge in [0.05, 0.1) is 5.60 Å². The number of aliphatic hydroxyl groups excluding tert-OH is 1. The zero-order valence-corrected chi connectivity index (χ0v) is 11.9. The van der Waals surface area contributed by atoms with Gasteiger partial charge < -0.3 is 9.84 Å². The van der Waals surface area contributed by atoms with Gasteiger partial charge in [0.25, 0.3) is 0 Å². The molecule has 1 atom stereocenters. The van der Waals surface area contributed by atoms with Crippen molar-refractivity contribution in [1.29, 1.82) is 0 Å². The predicted molar refractivity (Wildman–Crippen MR) is 79.5 cm³/mol. The zero-order valence-electron chi connectivity index (χ0n) is 11.9. The van der Waals surface area contributed by atoms with Gasteiger partial charge in [0.1, 0.15) is 6.10 Å². The highest BCUT2D eigenvalue weighted by Crippen LogP contribution is 2.42. The van der Waals surface area contributed by atoms with Gasteiger partial charge in [-0.2, -0.15) is 0 Å². The van der Waals surface area contributed by atoms with Crippen molar-refractivity contribution < 1.29 is 9.84 Å². The van der Waals surface area contributed by atoms with E-state index in [0.717, 1.165) is 42.0 Å². The minimum Gasteiger partial charge on any atom is -0.385 e. The van der Waals surface area contributed by atoms with Gasteiger partial charge in [0.2, 0.25) is 0 Å². The van der Waals surface area contributed by atoms with Crippen LogP contribution < -0.4 is 0 Å². The van der Waals surface area contributed by atoms with Crippen molar-refractivity contribution >= 4 is 10.8 Å². The molecule has 0 amide bonds. The van der Waals surface area contributed by atoms with Gasteiger partial charge in [-0.25, -0.2) is 0 Å². The van der Waals surface area contributed by atoms with Crippen LogP contribution in [0.4, 0.5) is 0 Å². The third-order valence-electron chi connectivity index (χ3n) is 4.62.